The molecular formula is C15H28N2OS. The van der Waals surface area contributed by atoms with Crippen LogP contribution in [0.2, 0.25) is 0 Å². The Hall–Kier alpha value is -0.220. The summed E-state index contributed by atoms with van der Waals surface area (Å²) in [6, 6.07) is 0.0532. The molecule has 2 fully saturated rings. The van der Waals surface area contributed by atoms with Crippen LogP contribution in [0.4, 0.5) is 0 Å². The van der Waals surface area contributed by atoms with Gasteiger partial charge in [0, 0.05) is 12.3 Å². The molecule has 1 aliphatic carbocycles. The Kier molecular flexibility index (Phi) is 5.58. The van der Waals surface area contributed by atoms with E-state index in [1.807, 2.05) is 11.8 Å². The minimum atomic E-state index is 0.0532. The maximum absolute atomic E-state index is 12.6. The number of carbonyl (C=O) groups excluding carboxylic acids is 1. The molecule has 0 aromatic carbocycles. The van der Waals surface area contributed by atoms with Crippen LogP contribution in [0, 0.1) is 11.8 Å². The second-order valence-electron chi connectivity index (χ2n) is 6.04. The van der Waals surface area contributed by atoms with Gasteiger partial charge in [0.15, 0.2) is 0 Å². The summed E-state index contributed by atoms with van der Waals surface area (Å²) in [5.41, 5.74) is 0. The number of nitrogens with one attached hydrogen (secondary N) is 1. The standard InChI is InChI=1S/C15H28N2OS/c1-4-11(2)13-15(18)17(9-10-19-3)14(16-13)12-7-5-6-8-12/h11-14,16H,4-10H2,1-3H3. The fraction of sp³-hybridized carbons (Fsp3) is 0.933. The predicted octanol–water partition coefficient (Wildman–Crippen LogP) is 2.71. The number of amides is 1. The number of hydrogen-bond acceptors (Lipinski definition) is 3. The van der Waals surface area contributed by atoms with Crippen LogP contribution in [0.15, 0.2) is 0 Å². The van der Waals surface area contributed by atoms with Gasteiger partial charge in [-0.2, -0.15) is 11.8 Å². The molecule has 0 radical (unpaired) electrons. The summed E-state index contributed by atoms with van der Waals surface area (Å²) in [6.07, 6.45) is 8.73. The second kappa shape index (κ2) is 6.98. The van der Waals surface area contributed by atoms with Crippen LogP contribution in [0.1, 0.15) is 46.0 Å². The van der Waals surface area contributed by atoms with E-state index in [0.717, 1.165) is 18.7 Å². The largest absolute Gasteiger partial charge is 0.325 e. The van der Waals surface area contributed by atoms with Crippen molar-refractivity contribution in [3.8, 4) is 0 Å². The summed E-state index contributed by atoms with van der Waals surface area (Å²) in [7, 11) is 0. The summed E-state index contributed by atoms with van der Waals surface area (Å²) < 4.78 is 0. The van der Waals surface area contributed by atoms with E-state index < -0.39 is 0 Å². The monoisotopic (exact) mass is 284 g/mol. The van der Waals surface area contributed by atoms with Crippen LogP contribution in [0.3, 0.4) is 0 Å². The zero-order chi connectivity index (χ0) is 13.8. The van der Waals surface area contributed by atoms with Crippen LogP contribution in [-0.2, 0) is 4.79 Å². The van der Waals surface area contributed by atoms with E-state index in [1.165, 1.54) is 25.7 Å². The number of thioether (sulfide) groups is 1. The Morgan fingerprint density at radius 2 is 2.11 bits per heavy atom. The topological polar surface area (TPSA) is 32.3 Å². The van der Waals surface area contributed by atoms with E-state index in [4.69, 9.17) is 0 Å². The van der Waals surface area contributed by atoms with Crippen molar-refractivity contribution in [3.05, 3.63) is 0 Å². The molecule has 1 aliphatic heterocycles. The van der Waals surface area contributed by atoms with Gasteiger partial charge in [-0.25, -0.2) is 0 Å². The highest BCUT2D eigenvalue weighted by molar-refractivity contribution is 7.98. The fourth-order valence-corrected chi connectivity index (χ4v) is 3.79. The maximum atomic E-state index is 12.6. The van der Waals surface area contributed by atoms with E-state index in [0.29, 0.717) is 23.9 Å². The van der Waals surface area contributed by atoms with Gasteiger partial charge in [0.05, 0.1) is 12.2 Å². The van der Waals surface area contributed by atoms with Crippen molar-refractivity contribution in [1.29, 1.82) is 0 Å². The van der Waals surface area contributed by atoms with Crippen molar-refractivity contribution in [1.82, 2.24) is 10.2 Å². The van der Waals surface area contributed by atoms with Crippen LogP contribution in [0.25, 0.3) is 0 Å². The quantitative estimate of drug-likeness (QED) is 0.814. The Bertz CT molecular complexity index is 305. The SMILES string of the molecule is CCC(C)C1NC(C2CCCC2)N(CCSC)C1=O. The third-order valence-electron chi connectivity index (χ3n) is 4.83. The number of carbonyl (C=O) groups is 1. The highest BCUT2D eigenvalue weighted by atomic mass is 32.2. The molecule has 2 rings (SSSR count). The van der Waals surface area contributed by atoms with E-state index in [2.05, 4.69) is 30.3 Å². The molecule has 1 saturated heterocycles. The Balaban J connectivity index is 2.07. The number of hydrogen-bond donors (Lipinski definition) is 1. The van der Waals surface area contributed by atoms with Crippen molar-refractivity contribution in [2.45, 2.75) is 58.2 Å². The molecule has 4 heteroatoms. The average molecular weight is 284 g/mol. The van der Waals surface area contributed by atoms with Crippen LogP contribution >= 0.6 is 11.8 Å². The third kappa shape index (κ3) is 3.27. The molecule has 3 unspecified atom stereocenters. The smallest absolute Gasteiger partial charge is 0.241 e. The zero-order valence-electron chi connectivity index (χ0n) is 12.5. The maximum Gasteiger partial charge on any atom is 0.241 e. The predicted molar refractivity (Wildman–Crippen MR) is 82.2 cm³/mol. The summed E-state index contributed by atoms with van der Waals surface area (Å²) >= 11 is 1.83. The Morgan fingerprint density at radius 1 is 1.42 bits per heavy atom. The van der Waals surface area contributed by atoms with Gasteiger partial charge in [-0.3, -0.25) is 10.1 Å². The van der Waals surface area contributed by atoms with Crippen LogP contribution in [-0.4, -0.2) is 41.6 Å². The molecule has 1 N–H and O–H groups in total. The van der Waals surface area contributed by atoms with Gasteiger partial charge in [0.25, 0.3) is 0 Å². The minimum absolute atomic E-state index is 0.0532. The first-order valence-corrected chi connectivity index (χ1v) is 9.13. The molecule has 0 spiro atoms. The van der Waals surface area contributed by atoms with Gasteiger partial charge >= 0.3 is 0 Å². The molecule has 1 saturated carbocycles. The summed E-state index contributed by atoms with van der Waals surface area (Å²) in [5, 5.41) is 3.66. The lowest BCUT2D eigenvalue weighted by Crippen LogP contribution is -2.43. The van der Waals surface area contributed by atoms with Crippen molar-refractivity contribution in [2.24, 2.45) is 11.8 Å². The lowest BCUT2D eigenvalue weighted by atomic mass is 9.99. The van der Waals surface area contributed by atoms with Crippen LogP contribution in [0.5, 0.6) is 0 Å². The summed E-state index contributed by atoms with van der Waals surface area (Å²) in [5.74, 6) is 2.51. The molecule has 1 amide bonds. The van der Waals surface area contributed by atoms with Gasteiger partial charge in [-0.15, -0.1) is 0 Å². The van der Waals surface area contributed by atoms with Gasteiger partial charge in [-0.05, 0) is 30.9 Å². The Labute approximate surface area is 121 Å². The lowest BCUT2D eigenvalue weighted by molar-refractivity contribution is -0.131. The molecule has 3 atom stereocenters. The molecule has 110 valence electrons. The summed E-state index contributed by atoms with van der Waals surface area (Å²) in [6.45, 7) is 5.27. The molecule has 1 heterocycles. The fourth-order valence-electron chi connectivity index (χ4n) is 3.41. The van der Waals surface area contributed by atoms with E-state index in [-0.39, 0.29) is 6.04 Å². The second-order valence-corrected chi connectivity index (χ2v) is 7.03. The van der Waals surface area contributed by atoms with Gasteiger partial charge in [-0.1, -0.05) is 33.1 Å². The Morgan fingerprint density at radius 3 is 2.68 bits per heavy atom. The molecule has 3 nitrogen and oxygen atoms in total. The first kappa shape index (κ1) is 15.2. The van der Waals surface area contributed by atoms with E-state index in [9.17, 15) is 4.79 Å². The number of nitrogens with zero attached hydrogens (tertiary/aromatic N) is 1. The van der Waals surface area contributed by atoms with Gasteiger partial charge < -0.3 is 4.90 Å². The minimum Gasteiger partial charge on any atom is -0.325 e. The first-order valence-electron chi connectivity index (χ1n) is 7.74. The van der Waals surface area contributed by atoms with Crippen molar-refractivity contribution < 1.29 is 4.79 Å². The highest BCUT2D eigenvalue weighted by Crippen LogP contribution is 2.33. The molecule has 0 aromatic heterocycles. The first-order chi connectivity index (χ1) is 9.19. The zero-order valence-corrected chi connectivity index (χ0v) is 13.3. The molecule has 19 heavy (non-hydrogen) atoms. The summed E-state index contributed by atoms with van der Waals surface area (Å²) in [4.78, 5) is 14.8. The highest BCUT2D eigenvalue weighted by Gasteiger charge is 2.44. The van der Waals surface area contributed by atoms with Crippen molar-refractivity contribution >= 4 is 17.7 Å². The van der Waals surface area contributed by atoms with Crippen LogP contribution < -0.4 is 5.32 Å². The molecular weight excluding hydrogens is 256 g/mol. The average Bonchev–Trinajstić information content (AvgIpc) is 3.03. The third-order valence-corrected chi connectivity index (χ3v) is 5.42. The molecule has 0 bridgehead atoms. The molecule has 2 aliphatic rings. The lowest BCUT2D eigenvalue weighted by Gasteiger charge is -2.28. The van der Waals surface area contributed by atoms with Gasteiger partial charge in [0.2, 0.25) is 5.91 Å². The van der Waals surface area contributed by atoms with Crippen molar-refractivity contribution in [2.75, 3.05) is 18.6 Å². The number of rotatable bonds is 6. The van der Waals surface area contributed by atoms with E-state index >= 15 is 0 Å². The normalized spacial score (nSPS) is 30.3. The van der Waals surface area contributed by atoms with Crippen molar-refractivity contribution in [3.63, 3.8) is 0 Å². The molecule has 0 aromatic rings. The van der Waals surface area contributed by atoms with E-state index in [1.54, 1.807) is 0 Å². The van der Waals surface area contributed by atoms with Gasteiger partial charge in [0.1, 0.15) is 0 Å².